The van der Waals surface area contributed by atoms with Gasteiger partial charge in [-0.1, -0.05) is 25.3 Å². The molecule has 1 saturated heterocycles. The quantitative estimate of drug-likeness (QED) is 0.831. The summed E-state index contributed by atoms with van der Waals surface area (Å²) in [5, 5.41) is 19.5. The van der Waals surface area contributed by atoms with Crippen LogP contribution in [-0.2, 0) is 10.0 Å². The van der Waals surface area contributed by atoms with E-state index in [1.165, 1.54) is 32.1 Å². The molecule has 0 radical (unpaired) electrons. The summed E-state index contributed by atoms with van der Waals surface area (Å²) in [6, 6.07) is 3.77. The number of H-pyrrole nitrogens is 1. The second-order valence-corrected chi connectivity index (χ2v) is 9.45. The minimum atomic E-state index is -3.92. The molecule has 0 amide bonds. The molecular weight excluding hydrogens is 364 g/mol. The third kappa shape index (κ3) is 3.45. The molecule has 1 aromatic carbocycles. The number of aromatic amines is 1. The van der Waals surface area contributed by atoms with E-state index in [0.29, 0.717) is 22.4 Å². The van der Waals surface area contributed by atoms with E-state index in [1.807, 2.05) is 12.1 Å². The molecule has 8 nitrogen and oxygen atoms in total. The average Bonchev–Trinajstić information content (AvgIpc) is 3.16. The number of anilines is 1. The Bertz CT molecular complexity index is 910. The molecule has 2 heterocycles. The molecule has 0 bridgehead atoms. The lowest BCUT2D eigenvalue weighted by molar-refractivity contribution is 0.144. The van der Waals surface area contributed by atoms with E-state index < -0.39 is 10.0 Å². The molecule has 9 heteroatoms. The fourth-order valence-corrected chi connectivity index (χ4v) is 5.83. The highest BCUT2D eigenvalue weighted by molar-refractivity contribution is 7.89. The van der Waals surface area contributed by atoms with Crippen molar-refractivity contribution >= 4 is 15.7 Å². The number of piperidine rings is 1. The monoisotopic (exact) mass is 390 g/mol. The van der Waals surface area contributed by atoms with Gasteiger partial charge in [0.2, 0.25) is 10.0 Å². The number of benzene rings is 1. The maximum absolute atomic E-state index is 12.3. The molecule has 1 saturated carbocycles. The predicted molar refractivity (Wildman–Crippen MR) is 103 cm³/mol. The van der Waals surface area contributed by atoms with Crippen LogP contribution in [0.1, 0.15) is 50.5 Å². The summed E-state index contributed by atoms with van der Waals surface area (Å²) in [5.74, 6) is 0.329. The predicted octanol–water partition coefficient (Wildman–Crippen LogP) is 2.37. The summed E-state index contributed by atoms with van der Waals surface area (Å²) < 4.78 is 24.6. The number of sulfonamides is 1. The van der Waals surface area contributed by atoms with E-state index in [9.17, 15) is 8.42 Å². The van der Waals surface area contributed by atoms with Crippen molar-refractivity contribution < 1.29 is 8.42 Å². The molecule has 1 aliphatic carbocycles. The van der Waals surface area contributed by atoms with E-state index in [4.69, 9.17) is 5.14 Å². The SMILES string of the molecule is Cc1ccc(N2CCC3(CCCCC3)CC2)c(-c2nnn[nH]2)c1S(N)(=O)=O. The van der Waals surface area contributed by atoms with Crippen LogP contribution in [0, 0.1) is 12.3 Å². The Hall–Kier alpha value is -2.00. The van der Waals surface area contributed by atoms with Gasteiger partial charge >= 0.3 is 0 Å². The molecule has 2 aromatic rings. The van der Waals surface area contributed by atoms with Crippen molar-refractivity contribution in [3.63, 3.8) is 0 Å². The minimum Gasteiger partial charge on any atom is -0.371 e. The number of rotatable bonds is 3. The van der Waals surface area contributed by atoms with E-state index >= 15 is 0 Å². The Labute approximate surface area is 159 Å². The van der Waals surface area contributed by atoms with Crippen LogP contribution < -0.4 is 10.0 Å². The van der Waals surface area contributed by atoms with Gasteiger partial charge in [0.05, 0.1) is 10.5 Å². The van der Waals surface area contributed by atoms with Crippen molar-refractivity contribution in [2.45, 2.75) is 56.8 Å². The Morgan fingerprint density at radius 1 is 1.11 bits per heavy atom. The van der Waals surface area contributed by atoms with E-state index in [2.05, 4.69) is 25.5 Å². The van der Waals surface area contributed by atoms with Crippen LogP contribution >= 0.6 is 0 Å². The zero-order valence-electron chi connectivity index (χ0n) is 15.6. The number of hydrogen-bond donors (Lipinski definition) is 2. The number of aromatic nitrogens is 4. The van der Waals surface area contributed by atoms with Crippen LogP contribution in [0.5, 0.6) is 0 Å². The number of nitrogens with one attached hydrogen (secondary N) is 1. The largest absolute Gasteiger partial charge is 0.371 e. The minimum absolute atomic E-state index is 0.0940. The summed E-state index contributed by atoms with van der Waals surface area (Å²) in [6.45, 7) is 3.55. The fraction of sp³-hybridized carbons (Fsp3) is 0.611. The summed E-state index contributed by atoms with van der Waals surface area (Å²) in [7, 11) is -3.92. The molecule has 2 fully saturated rings. The first-order valence-electron chi connectivity index (χ1n) is 9.55. The molecule has 2 aliphatic rings. The van der Waals surface area contributed by atoms with Crippen LogP contribution in [-0.4, -0.2) is 42.1 Å². The fourth-order valence-electron chi connectivity index (χ4n) is 4.82. The summed E-state index contributed by atoms with van der Waals surface area (Å²) >= 11 is 0. The zero-order chi connectivity index (χ0) is 19.1. The van der Waals surface area contributed by atoms with Crippen molar-refractivity contribution in [2.24, 2.45) is 10.6 Å². The lowest BCUT2D eigenvalue weighted by Gasteiger charge is -2.45. The van der Waals surface area contributed by atoms with Gasteiger partial charge < -0.3 is 4.90 Å². The van der Waals surface area contributed by atoms with E-state index in [0.717, 1.165) is 31.6 Å². The van der Waals surface area contributed by atoms with Crippen LogP contribution in [0.3, 0.4) is 0 Å². The van der Waals surface area contributed by atoms with Crippen molar-refractivity contribution in [3.8, 4) is 11.4 Å². The highest BCUT2D eigenvalue weighted by Gasteiger charge is 2.36. The second kappa shape index (κ2) is 6.87. The van der Waals surface area contributed by atoms with Crippen LogP contribution in [0.2, 0.25) is 0 Å². The van der Waals surface area contributed by atoms with Crippen LogP contribution in [0.15, 0.2) is 17.0 Å². The molecular formula is C18H26N6O2S. The van der Waals surface area contributed by atoms with E-state index in [-0.39, 0.29) is 4.90 Å². The highest BCUT2D eigenvalue weighted by atomic mass is 32.2. The number of nitrogens with zero attached hydrogens (tertiary/aromatic N) is 4. The van der Waals surface area contributed by atoms with Gasteiger partial charge in [-0.3, -0.25) is 0 Å². The number of aryl methyl sites for hydroxylation is 1. The highest BCUT2D eigenvalue weighted by Crippen LogP contribution is 2.46. The topological polar surface area (TPSA) is 118 Å². The molecule has 4 rings (SSSR count). The number of tetrazole rings is 1. The molecule has 1 aliphatic heterocycles. The first-order chi connectivity index (χ1) is 12.9. The maximum atomic E-state index is 12.3. The Kier molecular flexibility index (Phi) is 4.67. The Balaban J connectivity index is 1.73. The van der Waals surface area contributed by atoms with Gasteiger partial charge in [0.15, 0.2) is 5.82 Å². The van der Waals surface area contributed by atoms with E-state index in [1.54, 1.807) is 6.92 Å². The first-order valence-corrected chi connectivity index (χ1v) is 11.1. The lowest BCUT2D eigenvalue weighted by atomic mass is 9.68. The normalized spacial score (nSPS) is 20.1. The molecule has 3 N–H and O–H groups in total. The van der Waals surface area contributed by atoms with Gasteiger partial charge in [-0.25, -0.2) is 18.7 Å². The van der Waals surface area contributed by atoms with Crippen LogP contribution in [0.4, 0.5) is 5.69 Å². The van der Waals surface area contributed by atoms with Gasteiger partial charge in [0.25, 0.3) is 0 Å². The molecule has 1 spiro atoms. The van der Waals surface area contributed by atoms with Crippen molar-refractivity contribution in [1.29, 1.82) is 0 Å². The van der Waals surface area contributed by atoms with Crippen LogP contribution in [0.25, 0.3) is 11.4 Å². The van der Waals surface area contributed by atoms with Crippen molar-refractivity contribution in [1.82, 2.24) is 20.6 Å². The molecule has 146 valence electrons. The molecule has 27 heavy (non-hydrogen) atoms. The molecule has 0 atom stereocenters. The number of primary sulfonamides is 1. The van der Waals surface area contributed by atoms with Gasteiger partial charge in [-0.05, 0) is 60.1 Å². The first kappa shape index (κ1) is 18.4. The summed E-state index contributed by atoms with van der Waals surface area (Å²) in [5.41, 5.74) is 2.36. The van der Waals surface area contributed by atoms with Gasteiger partial charge in [-0.2, -0.15) is 0 Å². The standard InChI is InChI=1S/C18H26N6O2S/c1-13-5-6-14(15(16(13)27(19,25)26)17-20-22-23-21-17)24-11-9-18(10-12-24)7-3-2-4-8-18/h5-6H,2-4,7-12H2,1H3,(H2,19,25,26)(H,20,21,22,23). The Morgan fingerprint density at radius 3 is 2.41 bits per heavy atom. The third-order valence-corrected chi connectivity index (χ3v) is 7.37. The number of nitrogens with two attached hydrogens (primary N) is 1. The summed E-state index contributed by atoms with van der Waals surface area (Å²) in [6.07, 6.45) is 8.92. The zero-order valence-corrected chi connectivity index (χ0v) is 16.4. The average molecular weight is 391 g/mol. The van der Waals surface area contributed by atoms with Crippen molar-refractivity contribution in [2.75, 3.05) is 18.0 Å². The third-order valence-electron chi connectivity index (χ3n) is 6.28. The smallest absolute Gasteiger partial charge is 0.239 e. The molecule has 0 unspecified atom stereocenters. The summed E-state index contributed by atoms with van der Waals surface area (Å²) in [4.78, 5) is 2.35. The number of hydrogen-bond acceptors (Lipinski definition) is 6. The molecule has 1 aromatic heterocycles. The van der Waals surface area contributed by atoms with Gasteiger partial charge in [0.1, 0.15) is 0 Å². The Morgan fingerprint density at radius 2 is 1.81 bits per heavy atom. The maximum Gasteiger partial charge on any atom is 0.239 e. The lowest BCUT2D eigenvalue weighted by Crippen LogP contribution is -2.41. The van der Waals surface area contributed by atoms with Gasteiger partial charge in [-0.15, -0.1) is 5.10 Å². The second-order valence-electron chi connectivity index (χ2n) is 7.95. The van der Waals surface area contributed by atoms with Crippen molar-refractivity contribution in [3.05, 3.63) is 17.7 Å². The van der Waals surface area contributed by atoms with Gasteiger partial charge in [0, 0.05) is 18.8 Å².